The smallest absolute Gasteiger partial charge is 0.174 e. The Balaban J connectivity index is 2.02. The van der Waals surface area contributed by atoms with E-state index in [4.69, 9.17) is 9.84 Å². The SMILES string of the molecule is O=C1Cc2cc(CCCO)ccc2Oc2cc(O)cc(O)c21. The van der Waals surface area contributed by atoms with Gasteiger partial charge in [-0.1, -0.05) is 12.1 Å². The molecule has 22 heavy (non-hydrogen) atoms. The molecule has 0 radical (unpaired) electrons. The summed E-state index contributed by atoms with van der Waals surface area (Å²) < 4.78 is 5.70. The van der Waals surface area contributed by atoms with Crippen LogP contribution in [0.2, 0.25) is 0 Å². The molecule has 0 bridgehead atoms. The number of aliphatic hydroxyl groups is 1. The summed E-state index contributed by atoms with van der Waals surface area (Å²) in [5, 5.41) is 28.4. The van der Waals surface area contributed by atoms with Crippen molar-refractivity contribution < 1.29 is 24.9 Å². The lowest BCUT2D eigenvalue weighted by molar-refractivity contribution is 0.0991. The highest BCUT2D eigenvalue weighted by molar-refractivity contribution is 6.03. The highest BCUT2D eigenvalue weighted by Gasteiger charge is 2.25. The van der Waals surface area contributed by atoms with E-state index in [1.807, 2.05) is 12.1 Å². The highest BCUT2D eigenvalue weighted by atomic mass is 16.5. The molecule has 1 heterocycles. The van der Waals surface area contributed by atoms with E-state index in [-0.39, 0.29) is 41.6 Å². The Morgan fingerprint density at radius 1 is 1.09 bits per heavy atom. The molecule has 0 atom stereocenters. The number of aryl methyl sites for hydroxylation is 1. The summed E-state index contributed by atoms with van der Waals surface area (Å²) in [5.41, 5.74) is 1.84. The standard InChI is InChI=1S/C17H16O5/c18-5-1-2-10-3-4-15-11(6-10)7-13(20)17-14(21)8-12(19)9-16(17)22-15/h3-4,6,8-9,18-19,21H,1-2,5,7H2. The van der Waals surface area contributed by atoms with Crippen molar-refractivity contribution in [2.45, 2.75) is 19.3 Å². The van der Waals surface area contributed by atoms with Gasteiger partial charge in [0, 0.05) is 30.7 Å². The zero-order valence-electron chi connectivity index (χ0n) is 11.9. The van der Waals surface area contributed by atoms with Gasteiger partial charge < -0.3 is 20.1 Å². The van der Waals surface area contributed by atoms with Gasteiger partial charge in [0.15, 0.2) is 5.78 Å². The van der Waals surface area contributed by atoms with Crippen LogP contribution >= 0.6 is 0 Å². The topological polar surface area (TPSA) is 87.0 Å². The van der Waals surface area contributed by atoms with Crippen LogP contribution in [0.5, 0.6) is 23.0 Å². The molecule has 0 spiro atoms. The third kappa shape index (κ3) is 2.63. The Hall–Kier alpha value is -2.53. The van der Waals surface area contributed by atoms with Gasteiger partial charge >= 0.3 is 0 Å². The van der Waals surface area contributed by atoms with E-state index in [0.29, 0.717) is 12.2 Å². The molecule has 114 valence electrons. The van der Waals surface area contributed by atoms with Crippen molar-refractivity contribution in [2.24, 2.45) is 0 Å². The maximum atomic E-state index is 12.4. The Kier molecular flexibility index (Phi) is 3.73. The molecule has 0 aliphatic carbocycles. The summed E-state index contributed by atoms with van der Waals surface area (Å²) in [5.74, 6) is -0.0138. The van der Waals surface area contributed by atoms with Crippen molar-refractivity contribution in [3.8, 4) is 23.0 Å². The highest BCUT2D eigenvalue weighted by Crippen LogP contribution is 2.40. The molecule has 2 aromatic rings. The molecular formula is C17H16O5. The fourth-order valence-electron chi connectivity index (χ4n) is 2.64. The molecule has 0 saturated heterocycles. The predicted molar refractivity (Wildman–Crippen MR) is 79.7 cm³/mol. The average molecular weight is 300 g/mol. The normalized spacial score (nSPS) is 13.0. The van der Waals surface area contributed by atoms with Gasteiger partial charge in [-0.25, -0.2) is 0 Å². The van der Waals surface area contributed by atoms with E-state index in [1.165, 1.54) is 6.07 Å². The first-order valence-electron chi connectivity index (χ1n) is 7.08. The second kappa shape index (κ2) is 5.69. The van der Waals surface area contributed by atoms with Crippen LogP contribution in [-0.4, -0.2) is 27.7 Å². The molecule has 0 fully saturated rings. The number of ketones is 1. The largest absolute Gasteiger partial charge is 0.508 e. The monoisotopic (exact) mass is 300 g/mol. The Morgan fingerprint density at radius 2 is 1.91 bits per heavy atom. The fraction of sp³-hybridized carbons (Fsp3) is 0.235. The Labute approximate surface area is 127 Å². The number of Topliss-reactive ketones (excluding diaryl/α,β-unsaturated/α-hetero) is 1. The number of fused-ring (bicyclic) bond motifs is 2. The average Bonchev–Trinajstić information content (AvgIpc) is 2.59. The minimum absolute atomic E-state index is 0.0888. The summed E-state index contributed by atoms with van der Waals surface area (Å²) in [4.78, 5) is 12.4. The van der Waals surface area contributed by atoms with Gasteiger partial charge in [0.2, 0.25) is 0 Å². The molecule has 0 aromatic heterocycles. The van der Waals surface area contributed by atoms with E-state index >= 15 is 0 Å². The summed E-state index contributed by atoms with van der Waals surface area (Å²) in [7, 11) is 0. The molecule has 0 saturated carbocycles. The first-order chi connectivity index (χ1) is 10.6. The molecule has 3 rings (SSSR count). The lowest BCUT2D eigenvalue weighted by Crippen LogP contribution is -2.02. The van der Waals surface area contributed by atoms with Gasteiger partial charge in [-0.2, -0.15) is 0 Å². The number of hydrogen-bond donors (Lipinski definition) is 3. The van der Waals surface area contributed by atoms with Crippen molar-refractivity contribution in [3.05, 3.63) is 47.0 Å². The first kappa shape index (κ1) is 14.4. The van der Waals surface area contributed by atoms with Crippen molar-refractivity contribution in [1.82, 2.24) is 0 Å². The zero-order valence-corrected chi connectivity index (χ0v) is 11.9. The number of benzene rings is 2. The van der Waals surface area contributed by atoms with Crippen LogP contribution in [-0.2, 0) is 12.8 Å². The molecule has 3 N–H and O–H groups in total. The van der Waals surface area contributed by atoms with Crippen LogP contribution < -0.4 is 4.74 Å². The minimum atomic E-state index is -0.284. The number of phenolic OH excluding ortho intramolecular Hbond substituents is 2. The van der Waals surface area contributed by atoms with Gasteiger partial charge in [-0.3, -0.25) is 4.79 Å². The van der Waals surface area contributed by atoms with Gasteiger partial charge in [0.05, 0.1) is 0 Å². The van der Waals surface area contributed by atoms with Crippen molar-refractivity contribution in [2.75, 3.05) is 6.61 Å². The van der Waals surface area contributed by atoms with Crippen molar-refractivity contribution >= 4 is 5.78 Å². The fourth-order valence-corrected chi connectivity index (χ4v) is 2.64. The van der Waals surface area contributed by atoms with E-state index in [2.05, 4.69) is 0 Å². The molecule has 2 aromatic carbocycles. The van der Waals surface area contributed by atoms with E-state index < -0.39 is 0 Å². The second-order valence-electron chi connectivity index (χ2n) is 5.31. The molecule has 5 nitrogen and oxygen atoms in total. The molecule has 1 aliphatic rings. The van der Waals surface area contributed by atoms with E-state index in [0.717, 1.165) is 23.6 Å². The van der Waals surface area contributed by atoms with E-state index in [1.54, 1.807) is 6.07 Å². The third-order valence-corrected chi connectivity index (χ3v) is 3.66. The van der Waals surface area contributed by atoms with Crippen LogP contribution in [0.4, 0.5) is 0 Å². The number of carbonyl (C=O) groups is 1. The summed E-state index contributed by atoms with van der Waals surface area (Å²) in [6, 6.07) is 7.98. The maximum absolute atomic E-state index is 12.4. The van der Waals surface area contributed by atoms with Crippen LogP contribution in [0.1, 0.15) is 27.9 Å². The molecule has 1 aliphatic heterocycles. The summed E-state index contributed by atoms with van der Waals surface area (Å²) >= 11 is 0. The third-order valence-electron chi connectivity index (χ3n) is 3.66. The number of aliphatic hydroxyl groups excluding tert-OH is 1. The van der Waals surface area contributed by atoms with Gasteiger partial charge in [-0.05, 0) is 24.5 Å². The number of carbonyl (C=O) groups excluding carboxylic acids is 1. The van der Waals surface area contributed by atoms with Gasteiger partial charge in [0.25, 0.3) is 0 Å². The van der Waals surface area contributed by atoms with Gasteiger partial charge in [0.1, 0.15) is 28.6 Å². The number of ether oxygens (including phenoxy) is 1. The van der Waals surface area contributed by atoms with Crippen molar-refractivity contribution in [1.29, 1.82) is 0 Å². The lowest BCUT2D eigenvalue weighted by atomic mass is 9.99. The van der Waals surface area contributed by atoms with Crippen molar-refractivity contribution in [3.63, 3.8) is 0 Å². The molecule has 5 heteroatoms. The molecule has 0 amide bonds. The zero-order chi connectivity index (χ0) is 15.7. The Bertz CT molecular complexity index is 736. The molecule has 0 unspecified atom stereocenters. The quantitative estimate of drug-likeness (QED) is 0.811. The van der Waals surface area contributed by atoms with Crippen LogP contribution in [0, 0.1) is 0 Å². The van der Waals surface area contributed by atoms with Crippen LogP contribution in [0.3, 0.4) is 0 Å². The Morgan fingerprint density at radius 3 is 2.68 bits per heavy atom. The number of aromatic hydroxyl groups is 2. The number of phenols is 2. The summed E-state index contributed by atoms with van der Waals surface area (Å²) in [6.45, 7) is 0.116. The number of rotatable bonds is 3. The van der Waals surface area contributed by atoms with Gasteiger partial charge in [-0.15, -0.1) is 0 Å². The second-order valence-corrected chi connectivity index (χ2v) is 5.31. The summed E-state index contributed by atoms with van der Waals surface area (Å²) in [6.07, 6.45) is 1.49. The predicted octanol–water partition coefficient (Wildman–Crippen LogP) is 2.55. The van der Waals surface area contributed by atoms with Crippen LogP contribution in [0.15, 0.2) is 30.3 Å². The number of hydrogen-bond acceptors (Lipinski definition) is 5. The minimum Gasteiger partial charge on any atom is -0.508 e. The first-order valence-corrected chi connectivity index (χ1v) is 7.08. The lowest BCUT2D eigenvalue weighted by Gasteiger charge is -2.10. The van der Waals surface area contributed by atoms with E-state index in [9.17, 15) is 15.0 Å². The van der Waals surface area contributed by atoms with Crippen LogP contribution in [0.25, 0.3) is 0 Å². The maximum Gasteiger partial charge on any atom is 0.174 e. The molecular weight excluding hydrogens is 284 g/mol.